The number of hydrogen-bond acceptors (Lipinski definition) is 3. The second-order valence-corrected chi connectivity index (χ2v) is 6.86. The molecule has 0 amide bonds. The maximum absolute atomic E-state index is 6.20. The number of hydrogen-bond donors (Lipinski definition) is 1. The summed E-state index contributed by atoms with van der Waals surface area (Å²) in [6.07, 6.45) is 5.78. The van der Waals surface area contributed by atoms with Crippen LogP contribution in [0.15, 0.2) is 0 Å². The molecule has 17 heavy (non-hydrogen) atoms. The van der Waals surface area contributed by atoms with Crippen molar-refractivity contribution in [1.29, 1.82) is 0 Å². The summed E-state index contributed by atoms with van der Waals surface area (Å²) in [6.45, 7) is 7.65. The Bertz CT molecular complexity index is 261. The normalized spacial score (nSPS) is 37.9. The van der Waals surface area contributed by atoms with Crippen molar-refractivity contribution < 1.29 is 4.74 Å². The van der Waals surface area contributed by atoms with Gasteiger partial charge in [0.1, 0.15) is 0 Å². The molecule has 0 spiro atoms. The maximum Gasteiger partial charge on any atom is 0.0624 e. The molecule has 3 fully saturated rings. The molecule has 0 aromatic heterocycles. The Morgan fingerprint density at radius 2 is 1.76 bits per heavy atom. The highest BCUT2D eigenvalue weighted by Gasteiger charge is 2.40. The molecule has 98 valence electrons. The van der Waals surface area contributed by atoms with Crippen molar-refractivity contribution in [3.8, 4) is 0 Å². The van der Waals surface area contributed by atoms with Crippen LogP contribution in [0.3, 0.4) is 0 Å². The first kappa shape index (κ1) is 11.9. The first-order valence-corrected chi connectivity index (χ1v) is 7.21. The second-order valence-electron chi connectivity index (χ2n) is 6.86. The average Bonchev–Trinajstić information content (AvgIpc) is 3.14. The van der Waals surface area contributed by atoms with Gasteiger partial charge in [0.05, 0.1) is 13.2 Å². The summed E-state index contributed by atoms with van der Waals surface area (Å²) in [5.41, 5.74) is 6.39. The monoisotopic (exact) mass is 238 g/mol. The van der Waals surface area contributed by atoms with E-state index in [1.165, 1.54) is 38.8 Å². The SMILES string of the molecule is CC1(CN(CC2CC2)CC2CC2)COCC1N. The van der Waals surface area contributed by atoms with E-state index in [9.17, 15) is 0 Å². The van der Waals surface area contributed by atoms with Gasteiger partial charge in [-0.2, -0.15) is 0 Å². The van der Waals surface area contributed by atoms with Gasteiger partial charge < -0.3 is 15.4 Å². The average molecular weight is 238 g/mol. The summed E-state index contributed by atoms with van der Waals surface area (Å²) in [4.78, 5) is 2.68. The van der Waals surface area contributed by atoms with Gasteiger partial charge in [-0.05, 0) is 37.5 Å². The summed E-state index contributed by atoms with van der Waals surface area (Å²) in [7, 11) is 0. The molecule has 2 saturated carbocycles. The first-order chi connectivity index (χ1) is 8.16. The van der Waals surface area contributed by atoms with Crippen LogP contribution in [0.2, 0.25) is 0 Å². The molecule has 0 bridgehead atoms. The molecule has 2 aliphatic carbocycles. The minimum Gasteiger partial charge on any atom is -0.379 e. The third-order valence-corrected chi connectivity index (χ3v) is 4.64. The van der Waals surface area contributed by atoms with Gasteiger partial charge in [0, 0.05) is 31.1 Å². The summed E-state index contributed by atoms with van der Waals surface area (Å²) < 4.78 is 5.56. The lowest BCUT2D eigenvalue weighted by molar-refractivity contribution is 0.113. The highest BCUT2D eigenvalue weighted by molar-refractivity contribution is 4.94. The second kappa shape index (κ2) is 4.52. The van der Waals surface area contributed by atoms with Crippen LogP contribution in [0.1, 0.15) is 32.6 Å². The molecule has 0 aromatic carbocycles. The quantitative estimate of drug-likeness (QED) is 0.761. The zero-order valence-corrected chi connectivity index (χ0v) is 11.0. The van der Waals surface area contributed by atoms with Crippen LogP contribution in [0.5, 0.6) is 0 Å². The summed E-state index contributed by atoms with van der Waals surface area (Å²) in [6, 6.07) is 0.225. The van der Waals surface area contributed by atoms with Gasteiger partial charge in [-0.3, -0.25) is 0 Å². The molecule has 3 rings (SSSR count). The number of ether oxygens (including phenoxy) is 1. The predicted octanol–water partition coefficient (Wildman–Crippen LogP) is 1.47. The van der Waals surface area contributed by atoms with Gasteiger partial charge in [0.25, 0.3) is 0 Å². The summed E-state index contributed by atoms with van der Waals surface area (Å²) in [5, 5.41) is 0. The van der Waals surface area contributed by atoms with Crippen LogP contribution < -0.4 is 5.73 Å². The lowest BCUT2D eigenvalue weighted by Crippen LogP contribution is -2.47. The van der Waals surface area contributed by atoms with Crippen LogP contribution in [-0.4, -0.2) is 43.8 Å². The van der Waals surface area contributed by atoms with E-state index in [2.05, 4.69) is 11.8 Å². The maximum atomic E-state index is 6.20. The fourth-order valence-electron chi connectivity index (χ4n) is 2.94. The molecule has 0 aromatic rings. The van der Waals surface area contributed by atoms with Gasteiger partial charge in [-0.1, -0.05) is 6.92 Å². The highest BCUT2D eigenvalue weighted by Crippen LogP contribution is 2.36. The number of nitrogens with two attached hydrogens (primary N) is 1. The van der Waals surface area contributed by atoms with Gasteiger partial charge in [0.2, 0.25) is 0 Å². The van der Waals surface area contributed by atoms with Crippen molar-refractivity contribution >= 4 is 0 Å². The van der Waals surface area contributed by atoms with E-state index < -0.39 is 0 Å². The zero-order valence-electron chi connectivity index (χ0n) is 11.0. The van der Waals surface area contributed by atoms with E-state index in [0.29, 0.717) is 0 Å². The molecule has 2 atom stereocenters. The third kappa shape index (κ3) is 3.01. The topological polar surface area (TPSA) is 38.5 Å². The van der Waals surface area contributed by atoms with E-state index in [-0.39, 0.29) is 11.5 Å². The van der Waals surface area contributed by atoms with Crippen molar-refractivity contribution in [3.63, 3.8) is 0 Å². The molecule has 3 aliphatic rings. The molecule has 2 unspecified atom stereocenters. The smallest absolute Gasteiger partial charge is 0.0624 e. The van der Waals surface area contributed by atoms with Crippen LogP contribution in [-0.2, 0) is 4.74 Å². The van der Waals surface area contributed by atoms with Crippen LogP contribution >= 0.6 is 0 Å². The van der Waals surface area contributed by atoms with Crippen molar-refractivity contribution in [2.75, 3.05) is 32.8 Å². The van der Waals surface area contributed by atoms with Crippen molar-refractivity contribution in [2.24, 2.45) is 23.0 Å². The Kier molecular flexibility index (Phi) is 3.18. The van der Waals surface area contributed by atoms with Gasteiger partial charge in [-0.15, -0.1) is 0 Å². The Labute approximate surface area is 105 Å². The first-order valence-electron chi connectivity index (χ1n) is 7.21. The van der Waals surface area contributed by atoms with Gasteiger partial charge in [0.15, 0.2) is 0 Å². The highest BCUT2D eigenvalue weighted by atomic mass is 16.5. The Hall–Kier alpha value is -0.120. The van der Waals surface area contributed by atoms with Gasteiger partial charge >= 0.3 is 0 Å². The van der Waals surface area contributed by atoms with E-state index in [0.717, 1.165) is 31.6 Å². The Morgan fingerprint density at radius 3 is 2.18 bits per heavy atom. The van der Waals surface area contributed by atoms with Gasteiger partial charge in [-0.25, -0.2) is 0 Å². The number of nitrogens with zero attached hydrogens (tertiary/aromatic N) is 1. The lowest BCUT2D eigenvalue weighted by atomic mass is 9.85. The van der Waals surface area contributed by atoms with Crippen LogP contribution in [0, 0.1) is 17.3 Å². The molecule has 3 heteroatoms. The van der Waals surface area contributed by atoms with Crippen molar-refractivity contribution in [1.82, 2.24) is 4.90 Å². The minimum atomic E-state index is 0.184. The molecule has 1 aliphatic heterocycles. The minimum absolute atomic E-state index is 0.184. The van der Waals surface area contributed by atoms with Crippen LogP contribution in [0.4, 0.5) is 0 Å². The largest absolute Gasteiger partial charge is 0.379 e. The fourth-order valence-corrected chi connectivity index (χ4v) is 2.94. The Morgan fingerprint density at radius 1 is 1.18 bits per heavy atom. The number of rotatable bonds is 6. The lowest BCUT2D eigenvalue weighted by Gasteiger charge is -2.34. The zero-order chi connectivity index (χ0) is 11.9. The molecule has 0 radical (unpaired) electrons. The van der Waals surface area contributed by atoms with E-state index >= 15 is 0 Å². The van der Waals surface area contributed by atoms with Crippen LogP contribution in [0.25, 0.3) is 0 Å². The van der Waals surface area contributed by atoms with Crippen molar-refractivity contribution in [2.45, 2.75) is 38.6 Å². The predicted molar refractivity (Wildman–Crippen MR) is 68.8 cm³/mol. The van der Waals surface area contributed by atoms with E-state index in [1.807, 2.05) is 0 Å². The molecule has 2 N–H and O–H groups in total. The van der Waals surface area contributed by atoms with Crippen molar-refractivity contribution in [3.05, 3.63) is 0 Å². The Balaban J connectivity index is 1.57. The molecular weight excluding hydrogens is 212 g/mol. The van der Waals surface area contributed by atoms with E-state index in [1.54, 1.807) is 0 Å². The molecule has 1 heterocycles. The third-order valence-electron chi connectivity index (χ3n) is 4.64. The van der Waals surface area contributed by atoms with E-state index in [4.69, 9.17) is 10.5 Å². The molecule has 1 saturated heterocycles. The summed E-state index contributed by atoms with van der Waals surface area (Å²) >= 11 is 0. The fraction of sp³-hybridized carbons (Fsp3) is 1.00. The summed E-state index contributed by atoms with van der Waals surface area (Å²) in [5.74, 6) is 1.96. The molecular formula is C14H26N2O. The molecule has 3 nitrogen and oxygen atoms in total. The standard InChI is InChI=1S/C14H26N2O/c1-14(10-17-8-13(14)15)9-16(6-11-2-3-11)7-12-4-5-12/h11-13H,2-10,15H2,1H3.